The van der Waals surface area contributed by atoms with E-state index in [4.69, 9.17) is 4.74 Å². The molecule has 0 saturated carbocycles. The van der Waals surface area contributed by atoms with Crippen molar-refractivity contribution in [3.05, 3.63) is 65.7 Å². The molecule has 1 aliphatic heterocycles. The van der Waals surface area contributed by atoms with Gasteiger partial charge >= 0.3 is 0 Å². The largest absolute Gasteiger partial charge is 0.489 e. The van der Waals surface area contributed by atoms with Crippen LogP contribution in [0, 0.1) is 5.92 Å². The average Bonchev–Trinajstić information content (AvgIpc) is 2.68. The van der Waals surface area contributed by atoms with Gasteiger partial charge in [0.2, 0.25) is 0 Å². The zero-order valence-electron chi connectivity index (χ0n) is 17.0. The van der Waals surface area contributed by atoms with Crippen LogP contribution in [0.5, 0.6) is 5.75 Å². The average molecular weight is 425 g/mol. The molecule has 2 aromatic carbocycles. The normalized spacial score (nSPS) is 15.4. The first-order chi connectivity index (χ1) is 12.7. The molecule has 1 N–H and O–H groups in total. The summed E-state index contributed by atoms with van der Waals surface area (Å²) in [5.74, 6) is 1.70. The molecular weight excluding hydrogens is 391 g/mol. The number of nitrogens with one attached hydrogen (secondary N) is 1. The fourth-order valence-corrected chi connectivity index (χ4v) is 3.60. The van der Waals surface area contributed by atoms with E-state index in [-0.39, 0.29) is 24.8 Å². The molecule has 0 bridgehead atoms. The van der Waals surface area contributed by atoms with Crippen molar-refractivity contribution in [2.45, 2.75) is 39.3 Å². The summed E-state index contributed by atoms with van der Waals surface area (Å²) in [7, 11) is 0. The lowest BCUT2D eigenvalue weighted by Crippen LogP contribution is -2.45. The van der Waals surface area contributed by atoms with E-state index >= 15 is 0 Å². The van der Waals surface area contributed by atoms with Crippen LogP contribution < -0.4 is 10.1 Å². The van der Waals surface area contributed by atoms with E-state index in [0.29, 0.717) is 12.6 Å². The molecule has 1 saturated heterocycles. The number of rotatable bonds is 8. The molecule has 0 aliphatic carbocycles. The number of hydrogen-bond donors (Lipinski definition) is 1. The highest BCUT2D eigenvalue weighted by Gasteiger charge is 2.22. The van der Waals surface area contributed by atoms with Crippen LogP contribution in [0.2, 0.25) is 0 Å². The Balaban J connectivity index is 0.00000196. The highest BCUT2D eigenvalue weighted by Crippen LogP contribution is 2.30. The van der Waals surface area contributed by atoms with Gasteiger partial charge in [-0.1, -0.05) is 56.3 Å². The van der Waals surface area contributed by atoms with Crippen molar-refractivity contribution in [3.63, 3.8) is 0 Å². The van der Waals surface area contributed by atoms with Crippen LogP contribution in [0.4, 0.5) is 0 Å². The van der Waals surface area contributed by atoms with Crippen LogP contribution in [0.15, 0.2) is 54.6 Å². The summed E-state index contributed by atoms with van der Waals surface area (Å²) in [6, 6.07) is 19.6. The summed E-state index contributed by atoms with van der Waals surface area (Å²) in [4.78, 5) is 2.63. The van der Waals surface area contributed by atoms with Gasteiger partial charge in [0.15, 0.2) is 0 Å². The lowest BCUT2D eigenvalue weighted by Gasteiger charge is -2.35. The topological polar surface area (TPSA) is 24.5 Å². The van der Waals surface area contributed by atoms with Crippen molar-refractivity contribution in [2.24, 2.45) is 5.92 Å². The second kappa shape index (κ2) is 13.1. The van der Waals surface area contributed by atoms with Crippen molar-refractivity contribution in [1.29, 1.82) is 0 Å². The maximum absolute atomic E-state index is 6.06. The Bertz CT molecular complexity index is 661. The van der Waals surface area contributed by atoms with Crippen LogP contribution in [-0.4, -0.2) is 31.1 Å². The van der Waals surface area contributed by atoms with Gasteiger partial charge in [0.05, 0.1) is 0 Å². The van der Waals surface area contributed by atoms with Crippen LogP contribution in [0.3, 0.4) is 0 Å². The Morgan fingerprint density at radius 3 is 2.32 bits per heavy atom. The van der Waals surface area contributed by atoms with Crippen molar-refractivity contribution >= 4 is 24.8 Å². The van der Waals surface area contributed by atoms with Gasteiger partial charge in [0.1, 0.15) is 12.4 Å². The molecule has 28 heavy (non-hydrogen) atoms. The summed E-state index contributed by atoms with van der Waals surface area (Å²) < 4.78 is 6.06. The molecule has 0 unspecified atom stereocenters. The van der Waals surface area contributed by atoms with Crippen LogP contribution >= 0.6 is 24.8 Å². The van der Waals surface area contributed by atoms with Gasteiger partial charge in [0, 0.05) is 32.2 Å². The highest BCUT2D eigenvalue weighted by molar-refractivity contribution is 5.85. The SMILES string of the molecule is CC(C)CC[C@@H](c1cccc(OCc2ccccc2)c1)N1CCNCC1.Cl.Cl. The number of piperazine rings is 1. The molecule has 5 heteroatoms. The van der Waals surface area contributed by atoms with Crippen molar-refractivity contribution in [3.8, 4) is 5.75 Å². The molecule has 3 rings (SSSR count). The maximum atomic E-state index is 6.06. The molecule has 0 aromatic heterocycles. The van der Waals surface area contributed by atoms with Gasteiger partial charge in [-0.15, -0.1) is 24.8 Å². The second-order valence-corrected chi connectivity index (χ2v) is 7.62. The van der Waals surface area contributed by atoms with Gasteiger partial charge in [-0.3, -0.25) is 4.90 Å². The smallest absolute Gasteiger partial charge is 0.120 e. The highest BCUT2D eigenvalue weighted by atomic mass is 35.5. The molecule has 0 spiro atoms. The summed E-state index contributed by atoms with van der Waals surface area (Å²) >= 11 is 0. The van der Waals surface area contributed by atoms with Gasteiger partial charge in [-0.2, -0.15) is 0 Å². The van der Waals surface area contributed by atoms with E-state index in [2.05, 4.69) is 72.6 Å². The molecule has 0 radical (unpaired) electrons. The second-order valence-electron chi connectivity index (χ2n) is 7.62. The quantitative estimate of drug-likeness (QED) is 0.605. The van der Waals surface area contributed by atoms with E-state index in [0.717, 1.165) is 37.8 Å². The van der Waals surface area contributed by atoms with Crippen molar-refractivity contribution in [1.82, 2.24) is 10.2 Å². The molecule has 1 aliphatic rings. The minimum Gasteiger partial charge on any atom is -0.489 e. The van der Waals surface area contributed by atoms with E-state index in [1.165, 1.54) is 24.0 Å². The van der Waals surface area contributed by atoms with Crippen LogP contribution in [-0.2, 0) is 6.61 Å². The zero-order chi connectivity index (χ0) is 18.2. The third-order valence-corrected chi connectivity index (χ3v) is 5.10. The van der Waals surface area contributed by atoms with E-state index in [1.54, 1.807) is 0 Å². The summed E-state index contributed by atoms with van der Waals surface area (Å²) in [6.45, 7) is 9.66. The molecule has 156 valence electrons. The van der Waals surface area contributed by atoms with Gasteiger partial charge in [-0.25, -0.2) is 0 Å². The predicted octanol–water partition coefficient (Wildman–Crippen LogP) is 5.49. The summed E-state index contributed by atoms with van der Waals surface area (Å²) in [5, 5.41) is 3.47. The first kappa shape index (κ1) is 24.8. The van der Waals surface area contributed by atoms with E-state index in [9.17, 15) is 0 Å². The Labute approximate surface area is 182 Å². The number of benzene rings is 2. The van der Waals surface area contributed by atoms with Gasteiger partial charge < -0.3 is 10.1 Å². The minimum atomic E-state index is 0. The van der Waals surface area contributed by atoms with Gasteiger partial charge in [-0.05, 0) is 42.0 Å². The molecule has 1 fully saturated rings. The Hall–Kier alpha value is -1.26. The lowest BCUT2D eigenvalue weighted by atomic mass is 9.95. The maximum Gasteiger partial charge on any atom is 0.120 e. The molecular formula is C23H34Cl2N2O. The lowest BCUT2D eigenvalue weighted by molar-refractivity contribution is 0.159. The minimum absolute atomic E-state index is 0. The number of nitrogens with zero attached hydrogens (tertiary/aromatic N) is 1. The van der Waals surface area contributed by atoms with Gasteiger partial charge in [0.25, 0.3) is 0 Å². The summed E-state index contributed by atoms with van der Waals surface area (Å²) in [5.41, 5.74) is 2.59. The first-order valence-corrected chi connectivity index (χ1v) is 9.94. The van der Waals surface area contributed by atoms with Crippen LogP contribution in [0.25, 0.3) is 0 Å². The fraction of sp³-hybridized carbons (Fsp3) is 0.478. The molecule has 1 heterocycles. The molecule has 1 atom stereocenters. The Morgan fingerprint density at radius 2 is 1.64 bits per heavy atom. The zero-order valence-corrected chi connectivity index (χ0v) is 18.6. The predicted molar refractivity (Wildman–Crippen MR) is 123 cm³/mol. The monoisotopic (exact) mass is 424 g/mol. The number of halogens is 2. The molecule has 2 aromatic rings. The van der Waals surface area contributed by atoms with Crippen molar-refractivity contribution < 1.29 is 4.74 Å². The van der Waals surface area contributed by atoms with Crippen molar-refractivity contribution in [2.75, 3.05) is 26.2 Å². The Kier molecular flexibility index (Phi) is 11.6. The third kappa shape index (κ3) is 7.63. The van der Waals surface area contributed by atoms with E-state index in [1.807, 2.05) is 6.07 Å². The molecule has 0 amide bonds. The van der Waals surface area contributed by atoms with E-state index < -0.39 is 0 Å². The number of ether oxygens (including phenoxy) is 1. The third-order valence-electron chi connectivity index (χ3n) is 5.10. The first-order valence-electron chi connectivity index (χ1n) is 9.94. The molecule has 3 nitrogen and oxygen atoms in total. The standard InChI is InChI=1S/C23H32N2O.2ClH/c1-19(2)11-12-23(25-15-13-24-14-16-25)21-9-6-10-22(17-21)26-18-20-7-4-3-5-8-20;;/h3-10,17,19,23-24H,11-16,18H2,1-2H3;2*1H/t23-;;/m0../s1. The fourth-order valence-electron chi connectivity index (χ4n) is 3.60. The summed E-state index contributed by atoms with van der Waals surface area (Å²) in [6.07, 6.45) is 2.46. The number of hydrogen-bond acceptors (Lipinski definition) is 3. The Morgan fingerprint density at radius 1 is 0.929 bits per heavy atom. The van der Waals surface area contributed by atoms with Crippen LogP contribution in [0.1, 0.15) is 43.9 Å².